The Balaban J connectivity index is 2.61. The van der Waals surface area contributed by atoms with Crippen LogP contribution >= 0.6 is 15.9 Å². The van der Waals surface area contributed by atoms with Crippen molar-refractivity contribution in [3.8, 4) is 11.4 Å². The summed E-state index contributed by atoms with van der Waals surface area (Å²) < 4.78 is 5.44. The Morgan fingerprint density at radius 2 is 2.40 bits per heavy atom. The van der Waals surface area contributed by atoms with Crippen LogP contribution in [0.1, 0.15) is 12.6 Å². The maximum Gasteiger partial charge on any atom is 0.265 e. The van der Waals surface area contributed by atoms with E-state index in [0.717, 1.165) is 11.3 Å². The van der Waals surface area contributed by atoms with E-state index in [4.69, 9.17) is 4.42 Å². The van der Waals surface area contributed by atoms with Crippen LogP contribution in [0.3, 0.4) is 0 Å². The van der Waals surface area contributed by atoms with E-state index in [1.54, 1.807) is 18.6 Å². The summed E-state index contributed by atoms with van der Waals surface area (Å²) in [5.41, 5.74) is 1.35. The van der Waals surface area contributed by atoms with Gasteiger partial charge in [0.1, 0.15) is 16.6 Å². The van der Waals surface area contributed by atoms with Gasteiger partial charge in [-0.2, -0.15) is 0 Å². The molecule has 0 atom stereocenters. The fourth-order valence-electron chi connectivity index (χ4n) is 1.28. The lowest BCUT2D eigenvalue weighted by atomic mass is 10.3. The third-order valence-electron chi connectivity index (χ3n) is 2.06. The van der Waals surface area contributed by atoms with E-state index in [1.807, 2.05) is 6.92 Å². The minimum Gasteiger partial charge on any atom is -0.472 e. The molecule has 0 unspecified atom stereocenters. The minimum atomic E-state index is -0.168. The lowest BCUT2D eigenvalue weighted by molar-refractivity contribution is 0.568. The summed E-state index contributed by atoms with van der Waals surface area (Å²) in [7, 11) is 0. The second-order valence-corrected chi connectivity index (χ2v) is 3.83. The number of nitrogens with one attached hydrogen (secondary N) is 1. The van der Waals surface area contributed by atoms with Crippen LogP contribution in [0.15, 0.2) is 32.3 Å². The molecule has 0 amide bonds. The number of aromatic amines is 1. The van der Waals surface area contributed by atoms with Crippen molar-refractivity contribution in [1.82, 2.24) is 9.97 Å². The molecule has 0 spiro atoms. The van der Waals surface area contributed by atoms with Crippen LogP contribution in [0.4, 0.5) is 0 Å². The average Bonchev–Trinajstić information content (AvgIpc) is 2.75. The second-order valence-electron chi connectivity index (χ2n) is 3.04. The molecular weight excluding hydrogens is 260 g/mol. The van der Waals surface area contributed by atoms with E-state index in [-0.39, 0.29) is 5.56 Å². The lowest BCUT2D eigenvalue weighted by Crippen LogP contribution is -2.12. The molecule has 0 aromatic carbocycles. The highest BCUT2D eigenvalue weighted by atomic mass is 79.9. The molecule has 2 rings (SSSR count). The number of aromatic nitrogens is 2. The van der Waals surface area contributed by atoms with Gasteiger partial charge in [0.15, 0.2) is 0 Å². The van der Waals surface area contributed by atoms with E-state index in [9.17, 15) is 4.79 Å². The van der Waals surface area contributed by atoms with E-state index in [2.05, 4.69) is 25.9 Å². The lowest BCUT2D eigenvalue weighted by Gasteiger charge is -2.02. The van der Waals surface area contributed by atoms with Gasteiger partial charge in [-0.3, -0.25) is 4.79 Å². The summed E-state index contributed by atoms with van der Waals surface area (Å²) in [4.78, 5) is 18.6. The van der Waals surface area contributed by atoms with Gasteiger partial charge in [-0.1, -0.05) is 6.92 Å². The number of rotatable bonds is 2. The predicted molar refractivity (Wildman–Crippen MR) is 59.6 cm³/mol. The van der Waals surface area contributed by atoms with Crippen molar-refractivity contribution in [1.29, 1.82) is 0 Å². The van der Waals surface area contributed by atoms with Crippen LogP contribution < -0.4 is 5.56 Å². The van der Waals surface area contributed by atoms with Gasteiger partial charge in [0.05, 0.1) is 17.5 Å². The maximum absolute atomic E-state index is 11.5. The van der Waals surface area contributed by atoms with Crippen molar-refractivity contribution < 1.29 is 4.42 Å². The Kier molecular flexibility index (Phi) is 2.73. The number of hydrogen-bond acceptors (Lipinski definition) is 3. The number of H-pyrrole nitrogens is 1. The molecule has 0 aliphatic carbocycles. The molecule has 2 aromatic heterocycles. The number of halogens is 1. The molecule has 0 bridgehead atoms. The molecule has 0 aliphatic heterocycles. The van der Waals surface area contributed by atoms with Gasteiger partial charge < -0.3 is 9.40 Å². The molecule has 0 aliphatic rings. The van der Waals surface area contributed by atoms with Crippen molar-refractivity contribution in [2.75, 3.05) is 0 Å². The molecule has 5 heteroatoms. The van der Waals surface area contributed by atoms with Crippen molar-refractivity contribution in [3.05, 3.63) is 39.1 Å². The summed E-state index contributed by atoms with van der Waals surface area (Å²) in [6, 6.07) is 1.76. The van der Waals surface area contributed by atoms with Gasteiger partial charge in [-0.05, 0) is 28.4 Å². The molecule has 0 saturated carbocycles. The van der Waals surface area contributed by atoms with Gasteiger partial charge in [0.25, 0.3) is 5.56 Å². The van der Waals surface area contributed by atoms with E-state index < -0.39 is 0 Å². The highest BCUT2D eigenvalue weighted by Gasteiger charge is 2.09. The summed E-state index contributed by atoms with van der Waals surface area (Å²) in [5.74, 6) is 0.536. The number of hydrogen-bond donors (Lipinski definition) is 1. The fourth-order valence-corrected chi connectivity index (χ4v) is 1.74. The van der Waals surface area contributed by atoms with Crippen LogP contribution in [-0.4, -0.2) is 9.97 Å². The third-order valence-corrected chi connectivity index (χ3v) is 2.88. The van der Waals surface area contributed by atoms with Crippen molar-refractivity contribution >= 4 is 15.9 Å². The van der Waals surface area contributed by atoms with Gasteiger partial charge in [-0.15, -0.1) is 0 Å². The molecule has 0 radical (unpaired) electrons. The zero-order valence-electron chi connectivity index (χ0n) is 8.08. The van der Waals surface area contributed by atoms with E-state index >= 15 is 0 Å². The summed E-state index contributed by atoms with van der Waals surface area (Å²) >= 11 is 3.21. The monoisotopic (exact) mass is 268 g/mol. The topological polar surface area (TPSA) is 58.9 Å². The fraction of sp³-hybridized carbons (Fsp3) is 0.200. The van der Waals surface area contributed by atoms with Crippen LogP contribution in [0.2, 0.25) is 0 Å². The quantitative estimate of drug-likeness (QED) is 0.910. The zero-order chi connectivity index (χ0) is 10.8. The van der Waals surface area contributed by atoms with Crippen LogP contribution in [-0.2, 0) is 6.42 Å². The Hall–Kier alpha value is -1.36. The second kappa shape index (κ2) is 4.02. The Morgan fingerprint density at radius 3 is 3.00 bits per heavy atom. The summed E-state index contributed by atoms with van der Waals surface area (Å²) in [6.07, 6.45) is 3.80. The molecular formula is C10H9BrN2O2. The molecule has 2 aromatic rings. The molecule has 2 heterocycles. The normalized spacial score (nSPS) is 10.5. The van der Waals surface area contributed by atoms with Crippen LogP contribution in [0.25, 0.3) is 11.4 Å². The van der Waals surface area contributed by atoms with Crippen molar-refractivity contribution in [2.24, 2.45) is 0 Å². The molecule has 4 nitrogen and oxygen atoms in total. The molecule has 1 N–H and O–H groups in total. The average molecular weight is 269 g/mol. The first-order valence-electron chi connectivity index (χ1n) is 4.53. The molecule has 0 fully saturated rings. The standard InChI is InChI=1S/C10H9BrN2O2/c1-2-7-8(11)10(14)13-9(12-7)6-3-4-15-5-6/h3-5H,2H2,1H3,(H,12,13,14). The molecule has 15 heavy (non-hydrogen) atoms. The predicted octanol–water partition coefficient (Wildman–Crippen LogP) is 2.35. The van der Waals surface area contributed by atoms with Gasteiger partial charge in [-0.25, -0.2) is 4.98 Å². The van der Waals surface area contributed by atoms with Crippen LogP contribution in [0, 0.1) is 0 Å². The first-order valence-corrected chi connectivity index (χ1v) is 5.33. The minimum absolute atomic E-state index is 0.168. The van der Waals surface area contributed by atoms with Crippen molar-refractivity contribution in [2.45, 2.75) is 13.3 Å². The summed E-state index contributed by atoms with van der Waals surface area (Å²) in [6.45, 7) is 1.95. The molecule has 78 valence electrons. The third kappa shape index (κ3) is 1.87. The van der Waals surface area contributed by atoms with Crippen LogP contribution in [0.5, 0.6) is 0 Å². The highest BCUT2D eigenvalue weighted by Crippen LogP contribution is 2.17. The van der Waals surface area contributed by atoms with E-state index in [0.29, 0.717) is 16.7 Å². The maximum atomic E-state index is 11.5. The molecule has 0 saturated heterocycles. The number of aryl methyl sites for hydroxylation is 1. The van der Waals surface area contributed by atoms with Gasteiger partial charge in [0.2, 0.25) is 0 Å². The summed E-state index contributed by atoms with van der Waals surface area (Å²) in [5, 5.41) is 0. The van der Waals surface area contributed by atoms with E-state index in [1.165, 1.54) is 0 Å². The Labute approximate surface area is 94.5 Å². The highest BCUT2D eigenvalue weighted by molar-refractivity contribution is 9.10. The van der Waals surface area contributed by atoms with Gasteiger partial charge >= 0.3 is 0 Å². The number of nitrogens with zero attached hydrogens (tertiary/aromatic N) is 1. The Morgan fingerprint density at radius 1 is 1.60 bits per heavy atom. The number of furan rings is 1. The van der Waals surface area contributed by atoms with Gasteiger partial charge in [0, 0.05) is 0 Å². The Bertz CT molecular complexity index is 517. The zero-order valence-corrected chi connectivity index (χ0v) is 9.67. The largest absolute Gasteiger partial charge is 0.472 e. The SMILES string of the molecule is CCc1nc(-c2ccoc2)[nH]c(=O)c1Br. The smallest absolute Gasteiger partial charge is 0.265 e. The van der Waals surface area contributed by atoms with Crippen molar-refractivity contribution in [3.63, 3.8) is 0 Å². The first kappa shape index (κ1) is 10.2. The first-order chi connectivity index (χ1) is 7.22.